The standard InChI is InChI=1S/C13H21N3O/c1-10(2)6-7-14-11-12(17)16(9-8-15-11)13(3,4)5/h6,8-9H,7H2,1-5H3,(H,14,15). The van der Waals surface area contributed by atoms with Gasteiger partial charge in [-0.3, -0.25) is 4.79 Å². The van der Waals surface area contributed by atoms with Gasteiger partial charge in [0.15, 0.2) is 5.82 Å². The van der Waals surface area contributed by atoms with Crippen LogP contribution in [0.25, 0.3) is 0 Å². The van der Waals surface area contributed by atoms with E-state index in [0.29, 0.717) is 12.4 Å². The largest absolute Gasteiger partial charge is 0.362 e. The molecule has 0 radical (unpaired) electrons. The molecule has 0 saturated carbocycles. The summed E-state index contributed by atoms with van der Waals surface area (Å²) >= 11 is 0. The van der Waals surface area contributed by atoms with Crippen molar-refractivity contribution in [1.82, 2.24) is 9.55 Å². The van der Waals surface area contributed by atoms with Crippen LogP contribution in [0.5, 0.6) is 0 Å². The van der Waals surface area contributed by atoms with Gasteiger partial charge in [-0.25, -0.2) is 4.98 Å². The van der Waals surface area contributed by atoms with Crippen LogP contribution in [0.15, 0.2) is 28.8 Å². The van der Waals surface area contributed by atoms with Crippen molar-refractivity contribution in [2.75, 3.05) is 11.9 Å². The maximum absolute atomic E-state index is 12.1. The molecule has 4 nitrogen and oxygen atoms in total. The normalized spacial score (nSPS) is 11.1. The molecule has 0 bridgehead atoms. The molecule has 0 amide bonds. The second kappa shape index (κ2) is 5.17. The van der Waals surface area contributed by atoms with Crippen LogP contribution in [0.2, 0.25) is 0 Å². The van der Waals surface area contributed by atoms with E-state index in [9.17, 15) is 4.79 Å². The van der Waals surface area contributed by atoms with Crippen molar-refractivity contribution in [3.63, 3.8) is 0 Å². The smallest absolute Gasteiger partial charge is 0.293 e. The second-order valence-electron chi connectivity index (χ2n) is 5.28. The van der Waals surface area contributed by atoms with Crippen LogP contribution in [-0.2, 0) is 5.54 Å². The molecule has 1 rings (SSSR count). The minimum absolute atomic E-state index is 0.0813. The van der Waals surface area contributed by atoms with Gasteiger partial charge in [-0.2, -0.15) is 0 Å². The van der Waals surface area contributed by atoms with Crippen molar-refractivity contribution in [2.45, 2.75) is 40.2 Å². The van der Waals surface area contributed by atoms with Gasteiger partial charge in [-0.15, -0.1) is 0 Å². The van der Waals surface area contributed by atoms with Gasteiger partial charge in [0.1, 0.15) is 0 Å². The third-order valence-electron chi connectivity index (χ3n) is 2.34. The molecule has 0 atom stereocenters. The summed E-state index contributed by atoms with van der Waals surface area (Å²) in [5.41, 5.74) is 0.902. The molecular formula is C13H21N3O. The van der Waals surface area contributed by atoms with Crippen LogP contribution in [-0.4, -0.2) is 16.1 Å². The molecule has 0 aliphatic carbocycles. The lowest BCUT2D eigenvalue weighted by Gasteiger charge is -2.22. The van der Waals surface area contributed by atoms with Crippen molar-refractivity contribution in [3.8, 4) is 0 Å². The van der Waals surface area contributed by atoms with Gasteiger partial charge in [-0.1, -0.05) is 11.6 Å². The van der Waals surface area contributed by atoms with Crippen LogP contribution in [0, 0.1) is 0 Å². The Hall–Kier alpha value is -1.58. The molecule has 0 fully saturated rings. The number of nitrogens with zero attached hydrogens (tertiary/aromatic N) is 2. The van der Waals surface area contributed by atoms with Crippen molar-refractivity contribution in [3.05, 3.63) is 34.4 Å². The Morgan fingerprint density at radius 3 is 2.65 bits per heavy atom. The predicted molar refractivity (Wildman–Crippen MR) is 71.4 cm³/mol. The maximum atomic E-state index is 12.1. The molecule has 1 aromatic rings. The molecule has 0 saturated heterocycles. The molecule has 1 aromatic heterocycles. The first-order valence-electron chi connectivity index (χ1n) is 5.78. The lowest BCUT2D eigenvalue weighted by Crippen LogP contribution is -2.35. The average Bonchev–Trinajstić information content (AvgIpc) is 2.18. The Morgan fingerprint density at radius 2 is 2.12 bits per heavy atom. The van der Waals surface area contributed by atoms with E-state index in [-0.39, 0.29) is 11.1 Å². The maximum Gasteiger partial charge on any atom is 0.293 e. The van der Waals surface area contributed by atoms with E-state index in [0.717, 1.165) is 0 Å². The molecule has 0 aliphatic rings. The summed E-state index contributed by atoms with van der Waals surface area (Å²) in [4.78, 5) is 16.2. The topological polar surface area (TPSA) is 46.9 Å². The Balaban J connectivity index is 2.96. The number of nitrogens with one attached hydrogen (secondary N) is 1. The molecule has 17 heavy (non-hydrogen) atoms. The van der Waals surface area contributed by atoms with Crippen LogP contribution in [0.3, 0.4) is 0 Å². The molecular weight excluding hydrogens is 214 g/mol. The van der Waals surface area contributed by atoms with Gasteiger partial charge in [0.25, 0.3) is 5.56 Å². The number of rotatable bonds is 3. The monoisotopic (exact) mass is 235 g/mol. The molecule has 94 valence electrons. The summed E-state index contributed by atoms with van der Waals surface area (Å²) in [5.74, 6) is 0.403. The number of hydrogen-bond donors (Lipinski definition) is 1. The Kier molecular flexibility index (Phi) is 4.10. The molecule has 4 heteroatoms. The van der Waals surface area contributed by atoms with Gasteiger partial charge in [-0.05, 0) is 34.6 Å². The van der Waals surface area contributed by atoms with Gasteiger partial charge in [0.05, 0.1) is 0 Å². The highest BCUT2D eigenvalue weighted by Gasteiger charge is 2.16. The first-order valence-corrected chi connectivity index (χ1v) is 5.78. The minimum Gasteiger partial charge on any atom is -0.362 e. The number of anilines is 1. The molecule has 1 N–H and O–H groups in total. The van der Waals surface area contributed by atoms with Crippen LogP contribution < -0.4 is 10.9 Å². The number of aromatic nitrogens is 2. The Morgan fingerprint density at radius 1 is 1.47 bits per heavy atom. The SMILES string of the molecule is CC(C)=CCNc1nccn(C(C)(C)C)c1=O. The summed E-state index contributed by atoms with van der Waals surface area (Å²) in [6.45, 7) is 10.6. The third-order valence-corrected chi connectivity index (χ3v) is 2.34. The molecule has 1 heterocycles. The van der Waals surface area contributed by atoms with E-state index in [1.165, 1.54) is 5.57 Å². The Bertz CT molecular complexity index is 462. The second-order valence-corrected chi connectivity index (χ2v) is 5.28. The van der Waals surface area contributed by atoms with Crippen molar-refractivity contribution in [2.24, 2.45) is 0 Å². The van der Waals surface area contributed by atoms with Crippen molar-refractivity contribution < 1.29 is 0 Å². The summed E-state index contributed by atoms with van der Waals surface area (Å²) < 4.78 is 1.69. The fourth-order valence-electron chi connectivity index (χ4n) is 1.41. The van der Waals surface area contributed by atoms with Gasteiger partial charge in [0, 0.05) is 24.5 Å². The van der Waals surface area contributed by atoms with Crippen LogP contribution >= 0.6 is 0 Å². The summed E-state index contributed by atoms with van der Waals surface area (Å²) in [7, 11) is 0. The lowest BCUT2D eigenvalue weighted by atomic mass is 10.1. The average molecular weight is 235 g/mol. The predicted octanol–water partition coefficient (Wildman–Crippen LogP) is 2.38. The summed E-state index contributed by atoms with van der Waals surface area (Å²) in [6.07, 6.45) is 5.39. The highest BCUT2D eigenvalue weighted by Crippen LogP contribution is 2.10. The summed E-state index contributed by atoms with van der Waals surface area (Å²) in [6, 6.07) is 0. The fraction of sp³-hybridized carbons (Fsp3) is 0.538. The van der Waals surface area contributed by atoms with E-state index in [4.69, 9.17) is 0 Å². The number of hydrogen-bond acceptors (Lipinski definition) is 3. The molecule has 0 spiro atoms. The molecule has 0 unspecified atom stereocenters. The first kappa shape index (κ1) is 13.5. The fourth-order valence-corrected chi connectivity index (χ4v) is 1.41. The quantitative estimate of drug-likeness (QED) is 0.818. The van der Waals surface area contributed by atoms with E-state index in [1.807, 2.05) is 40.7 Å². The van der Waals surface area contributed by atoms with E-state index >= 15 is 0 Å². The zero-order chi connectivity index (χ0) is 13.1. The first-order chi connectivity index (χ1) is 7.82. The highest BCUT2D eigenvalue weighted by molar-refractivity contribution is 5.32. The van der Waals surface area contributed by atoms with Crippen LogP contribution in [0.1, 0.15) is 34.6 Å². The Labute approximate surface area is 102 Å². The highest BCUT2D eigenvalue weighted by atomic mass is 16.1. The van der Waals surface area contributed by atoms with Gasteiger partial charge in [0.2, 0.25) is 0 Å². The van der Waals surface area contributed by atoms with Crippen molar-refractivity contribution in [1.29, 1.82) is 0 Å². The van der Waals surface area contributed by atoms with E-state index in [2.05, 4.69) is 10.3 Å². The van der Waals surface area contributed by atoms with Crippen molar-refractivity contribution >= 4 is 5.82 Å². The molecule has 0 aromatic carbocycles. The zero-order valence-corrected chi connectivity index (χ0v) is 11.2. The summed E-state index contributed by atoms with van der Waals surface area (Å²) in [5, 5.41) is 3.04. The third kappa shape index (κ3) is 3.73. The van der Waals surface area contributed by atoms with Crippen LogP contribution in [0.4, 0.5) is 5.82 Å². The van der Waals surface area contributed by atoms with E-state index in [1.54, 1.807) is 17.0 Å². The number of allylic oxidation sites excluding steroid dienone is 1. The minimum atomic E-state index is -0.229. The van der Waals surface area contributed by atoms with Gasteiger partial charge < -0.3 is 9.88 Å². The van der Waals surface area contributed by atoms with E-state index < -0.39 is 0 Å². The lowest BCUT2D eigenvalue weighted by molar-refractivity contribution is 0.383. The molecule has 0 aliphatic heterocycles. The van der Waals surface area contributed by atoms with Gasteiger partial charge >= 0.3 is 0 Å². The zero-order valence-electron chi connectivity index (χ0n) is 11.2.